The Morgan fingerprint density at radius 3 is 2.54 bits per heavy atom. The van der Waals surface area contributed by atoms with Gasteiger partial charge in [-0.3, -0.25) is 0 Å². The van der Waals surface area contributed by atoms with Crippen LogP contribution in [-0.4, -0.2) is 11.7 Å². The van der Waals surface area contributed by atoms with E-state index in [2.05, 4.69) is 0 Å². The molecule has 0 saturated heterocycles. The first-order valence-corrected chi connectivity index (χ1v) is 4.57. The Bertz CT molecular complexity index is 307. The van der Waals surface area contributed by atoms with Gasteiger partial charge in [0.05, 0.1) is 0 Å². The van der Waals surface area contributed by atoms with E-state index in [-0.39, 0.29) is 5.92 Å². The molecule has 0 spiro atoms. The van der Waals surface area contributed by atoms with Gasteiger partial charge in [0, 0.05) is 0 Å². The second kappa shape index (κ2) is 3.79. The van der Waals surface area contributed by atoms with Crippen molar-refractivity contribution in [2.75, 3.05) is 6.54 Å². The van der Waals surface area contributed by atoms with Crippen molar-refractivity contribution in [2.24, 2.45) is 5.73 Å². The normalized spacial score (nSPS) is 12.9. The second-order valence-electron chi connectivity index (χ2n) is 3.58. The summed E-state index contributed by atoms with van der Waals surface area (Å²) >= 11 is 0. The van der Waals surface area contributed by atoms with Gasteiger partial charge in [0.1, 0.15) is 5.75 Å². The highest BCUT2D eigenvalue weighted by Gasteiger charge is 2.11. The molecule has 0 heterocycles. The highest BCUT2D eigenvalue weighted by Crippen LogP contribution is 2.29. The van der Waals surface area contributed by atoms with Gasteiger partial charge in [0.2, 0.25) is 0 Å². The third kappa shape index (κ3) is 1.83. The van der Waals surface area contributed by atoms with Crippen molar-refractivity contribution in [1.82, 2.24) is 0 Å². The van der Waals surface area contributed by atoms with Crippen LogP contribution >= 0.6 is 0 Å². The molecule has 1 aromatic carbocycles. The Morgan fingerprint density at radius 1 is 1.38 bits per heavy atom. The molecule has 2 nitrogen and oxygen atoms in total. The van der Waals surface area contributed by atoms with E-state index in [1.165, 1.54) is 0 Å². The minimum absolute atomic E-state index is 0.222. The third-order valence-electron chi connectivity index (χ3n) is 2.62. The number of phenols is 1. The fourth-order valence-electron chi connectivity index (χ4n) is 1.35. The van der Waals surface area contributed by atoms with Crippen LogP contribution < -0.4 is 5.73 Å². The van der Waals surface area contributed by atoms with Crippen LogP contribution in [0.2, 0.25) is 0 Å². The van der Waals surface area contributed by atoms with Gasteiger partial charge in [0.25, 0.3) is 0 Å². The maximum Gasteiger partial charge on any atom is 0.122 e. The molecule has 0 aliphatic carbocycles. The molecule has 1 unspecified atom stereocenters. The summed E-state index contributed by atoms with van der Waals surface area (Å²) in [6.07, 6.45) is 0. The fourth-order valence-corrected chi connectivity index (χ4v) is 1.35. The average molecular weight is 179 g/mol. The van der Waals surface area contributed by atoms with Crippen molar-refractivity contribution >= 4 is 0 Å². The summed E-state index contributed by atoms with van der Waals surface area (Å²) in [5.41, 5.74) is 8.57. The van der Waals surface area contributed by atoms with Crippen LogP contribution in [0.3, 0.4) is 0 Å². The van der Waals surface area contributed by atoms with Crippen LogP contribution in [0.15, 0.2) is 12.1 Å². The van der Waals surface area contributed by atoms with Crippen LogP contribution in [-0.2, 0) is 0 Å². The maximum absolute atomic E-state index is 9.82. The van der Waals surface area contributed by atoms with Crippen molar-refractivity contribution in [1.29, 1.82) is 0 Å². The molecule has 2 heteroatoms. The molecule has 0 fully saturated rings. The zero-order valence-corrected chi connectivity index (χ0v) is 8.46. The molecule has 0 aliphatic heterocycles. The summed E-state index contributed by atoms with van der Waals surface area (Å²) in [6, 6.07) is 3.98. The molecule has 1 atom stereocenters. The molecular weight excluding hydrogens is 162 g/mol. The standard InChI is InChI=1S/C11H17NO/c1-7-4-5-10(8(2)6-12)11(13)9(7)3/h4-5,8,13H,6,12H2,1-3H3. The van der Waals surface area contributed by atoms with Crippen LogP contribution in [0.5, 0.6) is 5.75 Å². The highest BCUT2D eigenvalue weighted by atomic mass is 16.3. The summed E-state index contributed by atoms with van der Waals surface area (Å²) < 4.78 is 0. The first-order valence-electron chi connectivity index (χ1n) is 4.57. The molecule has 72 valence electrons. The van der Waals surface area contributed by atoms with Crippen LogP contribution in [0.1, 0.15) is 29.5 Å². The fraction of sp³-hybridized carbons (Fsp3) is 0.455. The molecule has 1 rings (SSSR count). The Balaban J connectivity index is 3.18. The average Bonchev–Trinajstić information content (AvgIpc) is 2.13. The minimum Gasteiger partial charge on any atom is -0.507 e. The van der Waals surface area contributed by atoms with Crippen molar-refractivity contribution in [3.05, 3.63) is 28.8 Å². The zero-order valence-electron chi connectivity index (χ0n) is 8.46. The molecular formula is C11H17NO. The molecule has 3 N–H and O–H groups in total. The lowest BCUT2D eigenvalue weighted by Gasteiger charge is -2.14. The Kier molecular flexibility index (Phi) is 2.94. The van der Waals surface area contributed by atoms with E-state index in [1.54, 1.807) is 0 Å². The Labute approximate surface area is 79.4 Å². The van der Waals surface area contributed by atoms with Crippen molar-refractivity contribution in [3.8, 4) is 5.75 Å². The van der Waals surface area contributed by atoms with Crippen molar-refractivity contribution < 1.29 is 5.11 Å². The largest absolute Gasteiger partial charge is 0.507 e. The Morgan fingerprint density at radius 2 is 2.00 bits per heavy atom. The lowest BCUT2D eigenvalue weighted by molar-refractivity contribution is 0.458. The van der Waals surface area contributed by atoms with E-state index in [9.17, 15) is 5.11 Å². The van der Waals surface area contributed by atoms with Crippen LogP contribution in [0, 0.1) is 13.8 Å². The predicted molar refractivity (Wildman–Crippen MR) is 55.1 cm³/mol. The SMILES string of the molecule is Cc1ccc(C(C)CN)c(O)c1C. The molecule has 0 aliphatic rings. The van der Waals surface area contributed by atoms with Gasteiger partial charge in [0.15, 0.2) is 0 Å². The van der Waals surface area contributed by atoms with E-state index in [1.807, 2.05) is 32.9 Å². The molecule has 0 aromatic heterocycles. The number of aromatic hydroxyl groups is 1. The van der Waals surface area contributed by atoms with Gasteiger partial charge >= 0.3 is 0 Å². The minimum atomic E-state index is 0.222. The quantitative estimate of drug-likeness (QED) is 0.730. The number of hydrogen-bond acceptors (Lipinski definition) is 2. The lowest BCUT2D eigenvalue weighted by atomic mass is 9.96. The van der Waals surface area contributed by atoms with Gasteiger partial charge in [-0.05, 0) is 43.0 Å². The maximum atomic E-state index is 9.82. The van der Waals surface area contributed by atoms with Gasteiger partial charge in [-0.2, -0.15) is 0 Å². The summed E-state index contributed by atoms with van der Waals surface area (Å²) in [6.45, 7) is 6.50. The van der Waals surface area contributed by atoms with Gasteiger partial charge in [-0.1, -0.05) is 19.1 Å². The molecule has 0 bridgehead atoms. The molecule has 1 aromatic rings. The number of phenolic OH excluding ortho intramolecular Hbond substituents is 1. The first-order chi connectivity index (χ1) is 6.07. The lowest BCUT2D eigenvalue weighted by Crippen LogP contribution is -2.09. The number of hydrogen-bond donors (Lipinski definition) is 2. The third-order valence-corrected chi connectivity index (χ3v) is 2.62. The second-order valence-corrected chi connectivity index (χ2v) is 3.58. The Hall–Kier alpha value is -1.02. The van der Waals surface area contributed by atoms with Gasteiger partial charge in [-0.15, -0.1) is 0 Å². The summed E-state index contributed by atoms with van der Waals surface area (Å²) in [5.74, 6) is 0.622. The number of aryl methyl sites for hydroxylation is 1. The van der Waals surface area contributed by atoms with Gasteiger partial charge in [-0.25, -0.2) is 0 Å². The van der Waals surface area contributed by atoms with Crippen molar-refractivity contribution in [3.63, 3.8) is 0 Å². The van der Waals surface area contributed by atoms with Crippen LogP contribution in [0.25, 0.3) is 0 Å². The molecule has 13 heavy (non-hydrogen) atoms. The first kappa shape index (κ1) is 10.1. The number of nitrogens with two attached hydrogens (primary N) is 1. The van der Waals surface area contributed by atoms with Crippen molar-refractivity contribution in [2.45, 2.75) is 26.7 Å². The molecule has 0 amide bonds. The smallest absolute Gasteiger partial charge is 0.122 e. The van der Waals surface area contributed by atoms with Gasteiger partial charge < -0.3 is 10.8 Å². The van der Waals surface area contributed by atoms with E-state index < -0.39 is 0 Å². The molecule has 0 radical (unpaired) electrons. The van der Waals surface area contributed by atoms with E-state index in [4.69, 9.17) is 5.73 Å². The van der Waals surface area contributed by atoms with E-state index in [0.717, 1.165) is 16.7 Å². The number of benzene rings is 1. The summed E-state index contributed by atoms with van der Waals surface area (Å²) in [7, 11) is 0. The van der Waals surface area contributed by atoms with E-state index >= 15 is 0 Å². The highest BCUT2D eigenvalue weighted by molar-refractivity contribution is 5.45. The van der Waals surface area contributed by atoms with E-state index in [0.29, 0.717) is 12.3 Å². The summed E-state index contributed by atoms with van der Waals surface area (Å²) in [4.78, 5) is 0. The number of rotatable bonds is 2. The predicted octanol–water partition coefficient (Wildman–Crippen LogP) is 2.07. The molecule has 0 saturated carbocycles. The topological polar surface area (TPSA) is 46.2 Å². The zero-order chi connectivity index (χ0) is 10.0. The summed E-state index contributed by atoms with van der Waals surface area (Å²) in [5, 5.41) is 9.82. The van der Waals surface area contributed by atoms with Crippen LogP contribution in [0.4, 0.5) is 0 Å². The monoisotopic (exact) mass is 179 g/mol.